The van der Waals surface area contributed by atoms with Gasteiger partial charge in [0, 0.05) is 24.9 Å². The summed E-state index contributed by atoms with van der Waals surface area (Å²) < 4.78 is 45.6. The van der Waals surface area contributed by atoms with Crippen molar-refractivity contribution in [1.82, 2.24) is 15.3 Å². The first-order valence-electron chi connectivity index (χ1n) is 10.9. The number of halogens is 3. The Morgan fingerprint density at radius 1 is 1.22 bits per heavy atom. The summed E-state index contributed by atoms with van der Waals surface area (Å²) in [6.45, 7) is 2.77. The number of ether oxygens (including phenoxy) is 1. The summed E-state index contributed by atoms with van der Waals surface area (Å²) in [5, 5.41) is 12.3. The van der Waals surface area contributed by atoms with Gasteiger partial charge in [0.1, 0.15) is 11.5 Å². The van der Waals surface area contributed by atoms with Crippen molar-refractivity contribution >= 4 is 23.2 Å². The summed E-state index contributed by atoms with van der Waals surface area (Å²) in [7, 11) is 0. The van der Waals surface area contributed by atoms with E-state index in [2.05, 4.69) is 20.4 Å². The monoisotopic (exact) mass is 446 g/mol. The standard InChI is InChI=1S/C22H25F3N6O/c23-22(24,25)20(27)14(11-26)19-13-4-2-1-3-12(13)17-15(28-19)5-6-16-18(17)21(30-29-16)31-7-9-32-10-8-31/h5-6,11,16,18,27,29H,1-4,7-10,26H2/b14-11-,27-20?. The lowest BCUT2D eigenvalue weighted by molar-refractivity contribution is -0.0578. The number of hydrogen-bond donors (Lipinski definition) is 3. The fourth-order valence-corrected chi connectivity index (χ4v) is 5.16. The molecule has 10 heteroatoms. The lowest BCUT2D eigenvalue weighted by atomic mass is 9.76. The van der Waals surface area contributed by atoms with Crippen molar-refractivity contribution in [3.05, 3.63) is 40.4 Å². The average Bonchev–Trinajstić information content (AvgIpc) is 3.23. The maximum absolute atomic E-state index is 13.4. The van der Waals surface area contributed by atoms with E-state index in [0.29, 0.717) is 25.3 Å². The summed E-state index contributed by atoms with van der Waals surface area (Å²) in [5.41, 5.74) is 10.7. The van der Waals surface area contributed by atoms with Crippen LogP contribution in [0.5, 0.6) is 0 Å². The minimum atomic E-state index is -4.79. The van der Waals surface area contributed by atoms with Gasteiger partial charge in [-0.1, -0.05) is 6.08 Å². The largest absolute Gasteiger partial charge is 0.433 e. The SMILES string of the molecule is N=C(/C(=C\N)c1nc2c(c3c1CCCC3)C1C(N3CCOCC3)=NNC1C=C2)C(F)(F)F. The number of nitrogens with zero attached hydrogens (tertiary/aromatic N) is 3. The average molecular weight is 446 g/mol. The molecule has 32 heavy (non-hydrogen) atoms. The Morgan fingerprint density at radius 2 is 1.94 bits per heavy atom. The second-order valence-corrected chi connectivity index (χ2v) is 8.44. The molecule has 2 atom stereocenters. The number of morpholine rings is 1. The maximum atomic E-state index is 13.4. The highest BCUT2D eigenvalue weighted by molar-refractivity contribution is 6.24. The van der Waals surface area contributed by atoms with Crippen LogP contribution in [0.2, 0.25) is 0 Å². The van der Waals surface area contributed by atoms with Crippen LogP contribution in [0.15, 0.2) is 17.4 Å². The highest BCUT2D eigenvalue weighted by Crippen LogP contribution is 2.42. The van der Waals surface area contributed by atoms with Gasteiger partial charge in [0.05, 0.1) is 36.6 Å². The van der Waals surface area contributed by atoms with Gasteiger partial charge in [-0.15, -0.1) is 0 Å². The number of hydrazone groups is 1. The number of rotatable bonds is 2. The van der Waals surface area contributed by atoms with Gasteiger partial charge in [0.15, 0.2) is 0 Å². The van der Waals surface area contributed by atoms with Crippen molar-refractivity contribution in [3.8, 4) is 0 Å². The van der Waals surface area contributed by atoms with Crippen molar-refractivity contribution in [2.45, 2.75) is 43.8 Å². The second kappa shape index (κ2) is 7.91. The fourth-order valence-electron chi connectivity index (χ4n) is 5.16. The molecule has 0 aromatic carbocycles. The minimum Gasteiger partial charge on any atom is -0.404 e. The number of hydrogen-bond acceptors (Lipinski definition) is 7. The van der Waals surface area contributed by atoms with Gasteiger partial charge in [-0.25, -0.2) is 4.98 Å². The number of nitrogens with one attached hydrogen (secondary N) is 2. The Labute approximate surface area is 183 Å². The van der Waals surface area contributed by atoms with Crippen molar-refractivity contribution < 1.29 is 17.9 Å². The zero-order chi connectivity index (χ0) is 22.5. The first-order chi connectivity index (χ1) is 15.4. The number of fused-ring (bicyclic) bond motifs is 5. The van der Waals surface area contributed by atoms with Crippen LogP contribution in [-0.4, -0.2) is 60.0 Å². The third-order valence-electron chi connectivity index (χ3n) is 6.63. The zero-order valence-electron chi connectivity index (χ0n) is 17.5. The predicted octanol–water partition coefficient (Wildman–Crippen LogP) is 2.57. The Bertz CT molecular complexity index is 1040. The molecule has 2 aliphatic heterocycles. The molecule has 0 spiro atoms. The Balaban J connectivity index is 1.64. The van der Waals surface area contributed by atoms with E-state index in [-0.39, 0.29) is 23.2 Å². The normalized spacial score (nSPS) is 24.9. The van der Waals surface area contributed by atoms with Crippen LogP contribution in [0.3, 0.4) is 0 Å². The van der Waals surface area contributed by atoms with Gasteiger partial charge in [-0.2, -0.15) is 18.3 Å². The van der Waals surface area contributed by atoms with Crippen LogP contribution in [0.25, 0.3) is 11.6 Å². The highest BCUT2D eigenvalue weighted by Gasteiger charge is 2.43. The van der Waals surface area contributed by atoms with Crippen LogP contribution >= 0.6 is 0 Å². The fraction of sp³-hybridized carbons (Fsp3) is 0.500. The molecule has 0 amide bonds. The minimum absolute atomic E-state index is 0.0167. The van der Waals surface area contributed by atoms with Crippen molar-refractivity contribution in [1.29, 1.82) is 5.41 Å². The topological polar surface area (TPSA) is 99.6 Å². The van der Waals surface area contributed by atoms with E-state index in [1.807, 2.05) is 12.2 Å². The van der Waals surface area contributed by atoms with Crippen LogP contribution in [0, 0.1) is 5.41 Å². The molecule has 5 rings (SSSR count). The third-order valence-corrected chi connectivity index (χ3v) is 6.63. The molecule has 4 N–H and O–H groups in total. The van der Waals surface area contributed by atoms with Gasteiger partial charge in [-0.3, -0.25) is 5.41 Å². The molecule has 2 aliphatic carbocycles. The number of aromatic nitrogens is 1. The van der Waals surface area contributed by atoms with E-state index in [1.54, 1.807) is 0 Å². The summed E-state index contributed by atoms with van der Waals surface area (Å²) in [6.07, 6.45) is 3.10. The highest BCUT2D eigenvalue weighted by atomic mass is 19.4. The number of amidine groups is 1. The van der Waals surface area contributed by atoms with E-state index < -0.39 is 11.9 Å². The molecule has 2 unspecified atom stereocenters. The molecule has 170 valence electrons. The number of pyridine rings is 1. The van der Waals surface area contributed by atoms with Crippen LogP contribution in [0.1, 0.15) is 46.8 Å². The van der Waals surface area contributed by atoms with E-state index in [1.165, 1.54) is 0 Å². The molecule has 0 radical (unpaired) electrons. The molecule has 1 aromatic heterocycles. The molecule has 3 heterocycles. The lowest BCUT2D eigenvalue weighted by Crippen LogP contribution is -2.44. The Kier molecular flexibility index (Phi) is 5.19. The molecule has 7 nitrogen and oxygen atoms in total. The molecule has 4 aliphatic rings. The van der Waals surface area contributed by atoms with E-state index in [4.69, 9.17) is 15.9 Å². The van der Waals surface area contributed by atoms with Gasteiger partial charge < -0.3 is 20.8 Å². The van der Waals surface area contributed by atoms with Gasteiger partial charge in [0.25, 0.3) is 0 Å². The summed E-state index contributed by atoms with van der Waals surface area (Å²) in [6, 6.07) is -0.0167. The maximum Gasteiger partial charge on any atom is 0.433 e. The van der Waals surface area contributed by atoms with Gasteiger partial charge in [-0.05, 0) is 48.4 Å². The van der Waals surface area contributed by atoms with Crippen molar-refractivity contribution in [3.63, 3.8) is 0 Å². The van der Waals surface area contributed by atoms with E-state index in [0.717, 1.165) is 61.1 Å². The molecule has 1 fully saturated rings. The van der Waals surface area contributed by atoms with Crippen LogP contribution in [-0.2, 0) is 17.6 Å². The number of allylic oxidation sites excluding steroid dienone is 1. The summed E-state index contributed by atoms with van der Waals surface area (Å²) in [5.74, 6) is 0.887. The predicted molar refractivity (Wildman–Crippen MR) is 115 cm³/mol. The third kappa shape index (κ3) is 3.37. The molecule has 1 saturated heterocycles. The number of nitrogens with two attached hydrogens (primary N) is 1. The van der Waals surface area contributed by atoms with Crippen LogP contribution in [0.4, 0.5) is 13.2 Å². The Hall–Kier alpha value is -2.88. The van der Waals surface area contributed by atoms with Crippen LogP contribution < -0.4 is 11.2 Å². The van der Waals surface area contributed by atoms with Crippen molar-refractivity contribution in [2.24, 2.45) is 10.8 Å². The quantitative estimate of drug-likeness (QED) is 0.607. The van der Waals surface area contributed by atoms with Crippen molar-refractivity contribution in [2.75, 3.05) is 26.3 Å². The lowest BCUT2D eigenvalue weighted by Gasteiger charge is -2.35. The molecular weight excluding hydrogens is 421 g/mol. The van der Waals surface area contributed by atoms with E-state index in [9.17, 15) is 13.2 Å². The first-order valence-corrected chi connectivity index (χ1v) is 10.9. The molecular formula is C22H25F3N6O. The molecule has 0 saturated carbocycles. The Morgan fingerprint density at radius 3 is 2.62 bits per heavy atom. The number of alkyl halides is 3. The second-order valence-electron chi connectivity index (χ2n) is 8.44. The van der Waals surface area contributed by atoms with Gasteiger partial charge in [0.2, 0.25) is 0 Å². The van der Waals surface area contributed by atoms with Gasteiger partial charge >= 0.3 is 6.18 Å². The first kappa shape index (κ1) is 21.0. The molecule has 0 bridgehead atoms. The molecule has 1 aromatic rings. The summed E-state index contributed by atoms with van der Waals surface area (Å²) in [4.78, 5) is 6.89. The zero-order valence-corrected chi connectivity index (χ0v) is 17.5. The summed E-state index contributed by atoms with van der Waals surface area (Å²) >= 11 is 0. The smallest absolute Gasteiger partial charge is 0.404 e. The van der Waals surface area contributed by atoms with E-state index >= 15 is 0 Å².